The smallest absolute Gasteiger partial charge is 0.360 e. The van der Waals surface area contributed by atoms with Crippen LogP contribution in [0.5, 0.6) is 0 Å². The predicted molar refractivity (Wildman–Crippen MR) is 63.9 cm³/mol. The van der Waals surface area contributed by atoms with Crippen molar-refractivity contribution < 1.29 is 13.2 Å². The van der Waals surface area contributed by atoms with E-state index in [1.165, 1.54) is 0 Å². The molecule has 0 aromatic rings. The average molecular weight is 244 g/mol. The second kappa shape index (κ2) is 4.68. The first-order valence-electron chi connectivity index (χ1n) is 5.77. The molecular weight excluding hydrogens is 224 g/mol. The minimum absolute atomic E-state index is 0.0142. The summed E-state index contributed by atoms with van der Waals surface area (Å²) in [5.41, 5.74) is 8.99. The fourth-order valence-corrected chi connectivity index (χ4v) is 3.43. The molecule has 1 saturated carbocycles. The maximum atomic E-state index is 12.2. The SMILES string of the molecule is CC(C)(C)S(=O)(=O)C(=[N+]=[N-])C1CCCCC1. The van der Waals surface area contributed by atoms with Gasteiger partial charge >= 0.3 is 5.04 Å². The third kappa shape index (κ3) is 2.53. The quantitative estimate of drug-likeness (QED) is 0.307. The molecule has 4 nitrogen and oxygen atoms in total. The van der Waals surface area contributed by atoms with E-state index >= 15 is 0 Å². The summed E-state index contributed by atoms with van der Waals surface area (Å²) in [5.74, 6) is -0.0945. The zero-order valence-electron chi connectivity index (χ0n) is 10.2. The molecule has 0 spiro atoms. The Morgan fingerprint density at radius 2 is 1.69 bits per heavy atom. The highest BCUT2D eigenvalue weighted by molar-refractivity contribution is 8.07. The second-order valence-electron chi connectivity index (χ2n) is 5.39. The number of hydrogen-bond acceptors (Lipinski definition) is 2. The van der Waals surface area contributed by atoms with Crippen LogP contribution in [-0.2, 0) is 9.84 Å². The highest BCUT2D eigenvalue weighted by atomic mass is 32.2. The molecule has 0 aliphatic heterocycles. The molecule has 0 bridgehead atoms. The molecule has 0 amide bonds. The summed E-state index contributed by atoms with van der Waals surface area (Å²) >= 11 is 0. The number of rotatable bonds is 1. The van der Waals surface area contributed by atoms with Crippen LogP contribution in [-0.4, -0.2) is 23.0 Å². The summed E-state index contributed by atoms with van der Waals surface area (Å²) in [6.07, 6.45) is 4.81. The number of nitrogens with zero attached hydrogens (tertiary/aromatic N) is 2. The Labute approximate surface area is 97.6 Å². The molecule has 1 aliphatic carbocycles. The summed E-state index contributed by atoms with van der Waals surface area (Å²) < 4.78 is 23.5. The average Bonchev–Trinajstić information content (AvgIpc) is 2.18. The molecule has 1 aliphatic rings. The van der Waals surface area contributed by atoms with Crippen LogP contribution < -0.4 is 0 Å². The van der Waals surface area contributed by atoms with E-state index in [9.17, 15) is 8.42 Å². The van der Waals surface area contributed by atoms with Gasteiger partial charge in [0, 0.05) is 0 Å². The summed E-state index contributed by atoms with van der Waals surface area (Å²) in [5, 5.41) is -0.0142. The molecule has 0 radical (unpaired) electrons. The molecule has 0 N–H and O–H groups in total. The highest BCUT2D eigenvalue weighted by Gasteiger charge is 2.44. The van der Waals surface area contributed by atoms with E-state index in [2.05, 4.69) is 4.79 Å². The zero-order chi connectivity index (χ0) is 12.4. The van der Waals surface area contributed by atoms with Crippen LogP contribution >= 0.6 is 0 Å². The molecule has 0 aromatic heterocycles. The van der Waals surface area contributed by atoms with Crippen LogP contribution in [0.15, 0.2) is 0 Å². The van der Waals surface area contributed by atoms with E-state index in [-0.39, 0.29) is 11.0 Å². The molecule has 92 valence electrons. The van der Waals surface area contributed by atoms with E-state index in [0.29, 0.717) is 0 Å². The van der Waals surface area contributed by atoms with Gasteiger partial charge in [0.2, 0.25) is 0 Å². The van der Waals surface area contributed by atoms with Gasteiger partial charge in [0.1, 0.15) is 0 Å². The molecule has 5 heteroatoms. The van der Waals surface area contributed by atoms with Crippen LogP contribution in [0, 0.1) is 5.92 Å². The van der Waals surface area contributed by atoms with Gasteiger partial charge in [0.25, 0.3) is 9.84 Å². The van der Waals surface area contributed by atoms with Crippen LogP contribution in [0.4, 0.5) is 0 Å². The van der Waals surface area contributed by atoms with Crippen LogP contribution in [0.25, 0.3) is 5.53 Å². The molecule has 0 heterocycles. The molecule has 0 unspecified atom stereocenters. The van der Waals surface area contributed by atoms with Crippen molar-refractivity contribution in [3.63, 3.8) is 0 Å². The van der Waals surface area contributed by atoms with Gasteiger partial charge in [-0.3, -0.25) is 0 Å². The third-order valence-corrected chi connectivity index (χ3v) is 5.71. The van der Waals surface area contributed by atoms with Crippen molar-refractivity contribution in [2.24, 2.45) is 5.92 Å². The van der Waals surface area contributed by atoms with Gasteiger partial charge < -0.3 is 5.53 Å². The molecule has 0 atom stereocenters. The van der Waals surface area contributed by atoms with Crippen molar-refractivity contribution in [2.45, 2.75) is 57.6 Å². The van der Waals surface area contributed by atoms with E-state index in [1.54, 1.807) is 20.8 Å². The molecule has 1 fully saturated rings. The van der Waals surface area contributed by atoms with E-state index in [1.807, 2.05) is 0 Å². The van der Waals surface area contributed by atoms with Gasteiger partial charge in [-0.15, -0.1) is 0 Å². The Hall–Kier alpha value is -0.670. The Morgan fingerprint density at radius 1 is 1.19 bits per heavy atom. The Kier molecular flexibility index (Phi) is 3.92. The highest BCUT2D eigenvalue weighted by Crippen LogP contribution is 2.29. The fourth-order valence-electron chi connectivity index (χ4n) is 2.02. The van der Waals surface area contributed by atoms with Crippen molar-refractivity contribution >= 4 is 14.9 Å². The summed E-state index contributed by atoms with van der Waals surface area (Å²) in [6.45, 7) is 4.91. The maximum Gasteiger partial charge on any atom is 0.384 e. The first kappa shape index (κ1) is 13.4. The summed E-state index contributed by atoms with van der Waals surface area (Å²) in [7, 11) is -3.49. The fraction of sp³-hybridized carbons (Fsp3) is 0.909. The van der Waals surface area contributed by atoms with E-state index in [0.717, 1.165) is 32.1 Å². The molecule has 0 saturated heterocycles. The minimum atomic E-state index is -3.49. The second-order valence-corrected chi connectivity index (χ2v) is 8.04. The lowest BCUT2D eigenvalue weighted by molar-refractivity contribution is -0.00920. The molecule has 16 heavy (non-hydrogen) atoms. The lowest BCUT2D eigenvalue weighted by atomic mass is 9.90. The van der Waals surface area contributed by atoms with Gasteiger partial charge in [0.05, 0.1) is 10.7 Å². The third-order valence-electron chi connectivity index (χ3n) is 3.13. The van der Waals surface area contributed by atoms with Crippen molar-refractivity contribution in [3.05, 3.63) is 5.53 Å². The van der Waals surface area contributed by atoms with Crippen LogP contribution in [0.2, 0.25) is 0 Å². The van der Waals surface area contributed by atoms with Crippen molar-refractivity contribution in [3.8, 4) is 0 Å². The van der Waals surface area contributed by atoms with Gasteiger partial charge in [0.15, 0.2) is 0 Å². The maximum absolute atomic E-state index is 12.2. The first-order chi connectivity index (χ1) is 7.30. The van der Waals surface area contributed by atoms with Crippen LogP contribution in [0.1, 0.15) is 52.9 Å². The number of sulfone groups is 1. The Morgan fingerprint density at radius 3 is 2.06 bits per heavy atom. The van der Waals surface area contributed by atoms with Crippen LogP contribution in [0.3, 0.4) is 0 Å². The van der Waals surface area contributed by atoms with Crippen molar-refractivity contribution in [1.29, 1.82) is 0 Å². The van der Waals surface area contributed by atoms with Gasteiger partial charge in [-0.05, 0) is 33.6 Å². The van der Waals surface area contributed by atoms with Crippen molar-refractivity contribution in [1.82, 2.24) is 0 Å². The number of hydrogen-bond donors (Lipinski definition) is 0. The minimum Gasteiger partial charge on any atom is -0.360 e. The standard InChI is InChI=1S/C11H20N2O2S/c1-11(2,3)16(14,15)10(13-12)9-7-5-4-6-8-9/h9H,4-8H2,1-3H3. The van der Waals surface area contributed by atoms with E-state index in [4.69, 9.17) is 5.53 Å². The monoisotopic (exact) mass is 244 g/mol. The Balaban J connectivity index is 3.04. The summed E-state index contributed by atoms with van der Waals surface area (Å²) in [4.78, 5) is 3.08. The largest absolute Gasteiger partial charge is 0.384 e. The molecule has 0 aromatic carbocycles. The lowest BCUT2D eigenvalue weighted by Crippen LogP contribution is -2.39. The first-order valence-corrected chi connectivity index (χ1v) is 7.25. The van der Waals surface area contributed by atoms with Gasteiger partial charge in [-0.1, -0.05) is 19.3 Å². The normalized spacial score (nSPS) is 19.2. The van der Waals surface area contributed by atoms with Gasteiger partial charge in [-0.25, -0.2) is 8.42 Å². The zero-order valence-corrected chi connectivity index (χ0v) is 11.0. The predicted octanol–water partition coefficient (Wildman–Crippen LogP) is 2.41. The van der Waals surface area contributed by atoms with E-state index < -0.39 is 14.6 Å². The van der Waals surface area contributed by atoms with Gasteiger partial charge in [-0.2, -0.15) is 4.79 Å². The molecular formula is C11H20N2O2S. The topological polar surface area (TPSA) is 70.5 Å². The van der Waals surface area contributed by atoms with Crippen molar-refractivity contribution in [2.75, 3.05) is 0 Å². The summed E-state index contributed by atoms with van der Waals surface area (Å²) in [6, 6.07) is 0. The Bertz CT molecular complexity index is 394. The molecule has 1 rings (SSSR count). The lowest BCUT2D eigenvalue weighted by Gasteiger charge is -2.22.